The lowest BCUT2D eigenvalue weighted by Crippen LogP contribution is -2.26. The summed E-state index contributed by atoms with van der Waals surface area (Å²) in [7, 11) is -3.54. The van der Waals surface area contributed by atoms with E-state index in [1.165, 1.54) is 6.07 Å². The van der Waals surface area contributed by atoms with Crippen LogP contribution in [0.25, 0.3) is 0 Å². The molecule has 1 aromatic rings. The molecule has 0 bridgehead atoms. The predicted molar refractivity (Wildman–Crippen MR) is 64.6 cm³/mol. The lowest BCUT2D eigenvalue weighted by atomic mass is 10.2. The average Bonchev–Trinajstić information content (AvgIpc) is 2.29. The summed E-state index contributed by atoms with van der Waals surface area (Å²) in [5.41, 5.74) is 0.763. The highest BCUT2D eigenvalue weighted by atomic mass is 32.2. The van der Waals surface area contributed by atoms with Crippen LogP contribution in [0.1, 0.15) is 12.5 Å². The molecule has 6 heteroatoms. The summed E-state index contributed by atoms with van der Waals surface area (Å²) in [5, 5.41) is 8.60. The van der Waals surface area contributed by atoms with E-state index in [9.17, 15) is 8.42 Å². The summed E-state index contributed by atoms with van der Waals surface area (Å²) in [4.78, 5) is 0.173. The Morgan fingerprint density at radius 3 is 2.65 bits per heavy atom. The van der Waals surface area contributed by atoms with Crippen molar-refractivity contribution in [3.8, 4) is 5.75 Å². The van der Waals surface area contributed by atoms with Gasteiger partial charge in [-0.2, -0.15) is 0 Å². The molecule has 17 heavy (non-hydrogen) atoms. The van der Waals surface area contributed by atoms with Crippen molar-refractivity contribution in [3.05, 3.63) is 23.8 Å². The van der Waals surface area contributed by atoms with Crippen LogP contribution in [-0.4, -0.2) is 33.3 Å². The molecule has 0 aliphatic carbocycles. The molecule has 96 valence electrons. The van der Waals surface area contributed by atoms with Crippen molar-refractivity contribution in [3.63, 3.8) is 0 Å². The van der Waals surface area contributed by atoms with Gasteiger partial charge in [-0.3, -0.25) is 0 Å². The fraction of sp³-hybridized carbons (Fsp3) is 0.455. The molecule has 5 nitrogen and oxygen atoms in total. The summed E-state index contributed by atoms with van der Waals surface area (Å²) in [6.45, 7) is 3.97. The third-order valence-electron chi connectivity index (χ3n) is 2.16. The van der Waals surface area contributed by atoms with E-state index in [-0.39, 0.29) is 18.0 Å². The van der Waals surface area contributed by atoms with Crippen LogP contribution < -0.4 is 9.46 Å². The summed E-state index contributed by atoms with van der Waals surface area (Å²) < 4.78 is 31.1. The molecule has 0 aromatic heterocycles. The Kier molecular flexibility index (Phi) is 4.92. The normalized spacial score (nSPS) is 11.5. The third-order valence-corrected chi connectivity index (χ3v) is 3.62. The van der Waals surface area contributed by atoms with Crippen molar-refractivity contribution in [1.29, 1.82) is 0 Å². The number of benzene rings is 1. The van der Waals surface area contributed by atoms with Crippen LogP contribution >= 0.6 is 0 Å². The van der Waals surface area contributed by atoms with Gasteiger partial charge in [-0.25, -0.2) is 13.1 Å². The van der Waals surface area contributed by atoms with Gasteiger partial charge in [0.1, 0.15) is 5.75 Å². The Bertz CT molecular complexity index is 470. The topological polar surface area (TPSA) is 75.6 Å². The number of ether oxygens (including phenoxy) is 1. The molecule has 0 aliphatic rings. The van der Waals surface area contributed by atoms with Crippen molar-refractivity contribution in [2.45, 2.75) is 18.7 Å². The number of hydrogen-bond donors (Lipinski definition) is 2. The van der Waals surface area contributed by atoms with Crippen LogP contribution in [0.5, 0.6) is 5.75 Å². The van der Waals surface area contributed by atoms with Crippen molar-refractivity contribution >= 4 is 10.0 Å². The number of hydrogen-bond acceptors (Lipinski definition) is 4. The quantitative estimate of drug-likeness (QED) is 0.787. The van der Waals surface area contributed by atoms with Gasteiger partial charge in [0.25, 0.3) is 0 Å². The molecule has 0 radical (unpaired) electrons. The minimum absolute atomic E-state index is 0.00852. The maximum atomic E-state index is 11.7. The highest BCUT2D eigenvalue weighted by molar-refractivity contribution is 7.89. The van der Waals surface area contributed by atoms with Crippen LogP contribution in [0.2, 0.25) is 0 Å². The van der Waals surface area contributed by atoms with Gasteiger partial charge in [0.2, 0.25) is 10.0 Å². The summed E-state index contributed by atoms with van der Waals surface area (Å²) >= 11 is 0. The standard InChI is InChI=1S/C11H17NO4S/c1-3-16-11-5-4-10(8-9(11)2)17(14,15)12-6-7-13/h4-5,8,12-13H,3,6-7H2,1-2H3. The van der Waals surface area contributed by atoms with E-state index in [0.29, 0.717) is 12.4 Å². The first-order valence-electron chi connectivity index (χ1n) is 5.35. The summed E-state index contributed by atoms with van der Waals surface area (Å²) in [5.74, 6) is 0.675. The van der Waals surface area contributed by atoms with E-state index in [1.54, 1.807) is 19.1 Å². The van der Waals surface area contributed by atoms with Crippen LogP contribution in [0.3, 0.4) is 0 Å². The minimum atomic E-state index is -3.54. The van der Waals surface area contributed by atoms with E-state index >= 15 is 0 Å². The first kappa shape index (κ1) is 14.0. The first-order chi connectivity index (χ1) is 8.01. The Balaban J connectivity index is 2.96. The van der Waals surface area contributed by atoms with Crippen LogP contribution in [0, 0.1) is 6.92 Å². The van der Waals surface area contributed by atoms with E-state index in [1.807, 2.05) is 6.92 Å². The molecule has 0 fully saturated rings. The largest absolute Gasteiger partial charge is 0.494 e. The number of aliphatic hydroxyl groups excluding tert-OH is 1. The average molecular weight is 259 g/mol. The molecule has 0 saturated carbocycles. The molecule has 0 amide bonds. The molecule has 0 spiro atoms. The Morgan fingerprint density at radius 2 is 2.12 bits per heavy atom. The molecule has 1 aromatic carbocycles. The first-order valence-corrected chi connectivity index (χ1v) is 6.83. The highest BCUT2D eigenvalue weighted by Crippen LogP contribution is 2.21. The predicted octanol–water partition coefficient (Wildman–Crippen LogP) is 0.664. The molecule has 1 rings (SSSR count). The van der Waals surface area contributed by atoms with Crippen molar-refractivity contribution < 1.29 is 18.3 Å². The molecular weight excluding hydrogens is 242 g/mol. The minimum Gasteiger partial charge on any atom is -0.494 e. The summed E-state index contributed by atoms with van der Waals surface area (Å²) in [6.07, 6.45) is 0. The second-order valence-electron chi connectivity index (χ2n) is 3.48. The van der Waals surface area contributed by atoms with Gasteiger partial charge >= 0.3 is 0 Å². The molecule has 0 unspecified atom stereocenters. The fourth-order valence-electron chi connectivity index (χ4n) is 1.37. The number of aliphatic hydroxyl groups is 1. The van der Waals surface area contributed by atoms with Crippen LogP contribution in [0.4, 0.5) is 0 Å². The van der Waals surface area contributed by atoms with E-state index in [4.69, 9.17) is 9.84 Å². The Morgan fingerprint density at radius 1 is 1.41 bits per heavy atom. The zero-order chi connectivity index (χ0) is 12.9. The second-order valence-corrected chi connectivity index (χ2v) is 5.25. The molecule has 0 heterocycles. The molecule has 2 N–H and O–H groups in total. The monoisotopic (exact) mass is 259 g/mol. The third kappa shape index (κ3) is 3.69. The molecular formula is C11H17NO4S. The number of sulfonamides is 1. The number of aryl methyl sites for hydroxylation is 1. The summed E-state index contributed by atoms with van der Waals surface area (Å²) in [6, 6.07) is 4.66. The van der Waals surface area contributed by atoms with Gasteiger partial charge in [0, 0.05) is 6.54 Å². The van der Waals surface area contributed by atoms with Gasteiger partial charge in [-0.15, -0.1) is 0 Å². The SMILES string of the molecule is CCOc1ccc(S(=O)(=O)NCCO)cc1C. The maximum Gasteiger partial charge on any atom is 0.240 e. The van der Waals surface area contributed by atoms with Gasteiger partial charge in [0.15, 0.2) is 0 Å². The highest BCUT2D eigenvalue weighted by Gasteiger charge is 2.14. The Hall–Kier alpha value is -1.11. The van der Waals surface area contributed by atoms with E-state index in [2.05, 4.69) is 4.72 Å². The smallest absolute Gasteiger partial charge is 0.240 e. The molecule has 0 saturated heterocycles. The lowest BCUT2D eigenvalue weighted by Gasteiger charge is -2.10. The van der Waals surface area contributed by atoms with Gasteiger partial charge < -0.3 is 9.84 Å². The van der Waals surface area contributed by atoms with Crippen molar-refractivity contribution in [2.24, 2.45) is 0 Å². The zero-order valence-corrected chi connectivity index (χ0v) is 10.8. The van der Waals surface area contributed by atoms with E-state index < -0.39 is 10.0 Å². The van der Waals surface area contributed by atoms with Crippen molar-refractivity contribution in [2.75, 3.05) is 19.8 Å². The maximum absolute atomic E-state index is 11.7. The lowest BCUT2D eigenvalue weighted by molar-refractivity contribution is 0.301. The van der Waals surface area contributed by atoms with Crippen LogP contribution in [-0.2, 0) is 10.0 Å². The van der Waals surface area contributed by atoms with Crippen LogP contribution in [0.15, 0.2) is 23.1 Å². The molecule has 0 atom stereocenters. The molecule has 0 aliphatic heterocycles. The van der Waals surface area contributed by atoms with Crippen molar-refractivity contribution in [1.82, 2.24) is 4.72 Å². The number of nitrogens with one attached hydrogen (secondary N) is 1. The number of rotatable bonds is 6. The van der Waals surface area contributed by atoms with E-state index in [0.717, 1.165) is 5.56 Å². The fourth-order valence-corrected chi connectivity index (χ4v) is 2.48. The van der Waals surface area contributed by atoms with Gasteiger partial charge in [0.05, 0.1) is 18.1 Å². The zero-order valence-electron chi connectivity index (χ0n) is 9.93. The Labute approximate surface area is 101 Å². The second kappa shape index (κ2) is 6.00. The van der Waals surface area contributed by atoms with Gasteiger partial charge in [-0.05, 0) is 37.6 Å². The van der Waals surface area contributed by atoms with Gasteiger partial charge in [-0.1, -0.05) is 0 Å².